The zero-order valence-corrected chi connectivity index (χ0v) is 15.5. The van der Waals surface area contributed by atoms with E-state index in [2.05, 4.69) is 10.6 Å². The lowest BCUT2D eigenvalue weighted by atomic mass is 10.2. The van der Waals surface area contributed by atoms with Crippen molar-refractivity contribution in [1.29, 1.82) is 0 Å². The van der Waals surface area contributed by atoms with Crippen molar-refractivity contribution in [2.45, 2.75) is 6.54 Å². The maximum absolute atomic E-state index is 11.5. The van der Waals surface area contributed by atoms with Gasteiger partial charge in [-0.15, -0.1) is 24.8 Å². The molecular weight excluding hydrogens is 355 g/mol. The molecular formula is C15H26Cl2N4O3. The summed E-state index contributed by atoms with van der Waals surface area (Å²) in [4.78, 5) is 24.5. The number of hydrogen-bond acceptors (Lipinski definition) is 5. The van der Waals surface area contributed by atoms with E-state index in [0.29, 0.717) is 13.2 Å². The van der Waals surface area contributed by atoms with E-state index >= 15 is 0 Å². The van der Waals surface area contributed by atoms with Gasteiger partial charge in [0.15, 0.2) is 0 Å². The zero-order chi connectivity index (χ0) is 16.4. The standard InChI is InChI=1S/C15H24N4O3.2ClH/c1-19(2)7-8-22-13-5-3-12(4-6-13)10-17-15(21)11-18-14(20)9-16;;/h3-6H,7-11,16H2,1-2H3,(H,17,21)(H,18,20);2*1H. The van der Waals surface area contributed by atoms with Crippen LogP contribution in [0.25, 0.3) is 0 Å². The fourth-order valence-electron chi connectivity index (χ4n) is 1.56. The number of nitrogens with two attached hydrogens (primary N) is 1. The highest BCUT2D eigenvalue weighted by Crippen LogP contribution is 2.11. The van der Waals surface area contributed by atoms with Crippen molar-refractivity contribution >= 4 is 36.6 Å². The van der Waals surface area contributed by atoms with Gasteiger partial charge in [0.25, 0.3) is 0 Å². The SMILES string of the molecule is CN(C)CCOc1ccc(CNC(=O)CNC(=O)CN)cc1.Cl.Cl. The monoisotopic (exact) mass is 380 g/mol. The number of ether oxygens (including phenoxy) is 1. The van der Waals surface area contributed by atoms with Crippen LogP contribution in [0.15, 0.2) is 24.3 Å². The number of rotatable bonds is 9. The summed E-state index contributed by atoms with van der Waals surface area (Å²) in [6, 6.07) is 7.52. The molecule has 0 unspecified atom stereocenters. The third-order valence-corrected chi connectivity index (χ3v) is 2.85. The van der Waals surface area contributed by atoms with Crippen molar-refractivity contribution in [3.8, 4) is 5.75 Å². The molecule has 0 aromatic heterocycles. The molecule has 1 aromatic rings. The molecule has 7 nitrogen and oxygen atoms in total. The van der Waals surface area contributed by atoms with Gasteiger partial charge < -0.3 is 26.0 Å². The van der Waals surface area contributed by atoms with Gasteiger partial charge in [0.1, 0.15) is 12.4 Å². The minimum absolute atomic E-state index is 0. The molecule has 0 fully saturated rings. The van der Waals surface area contributed by atoms with Gasteiger partial charge >= 0.3 is 0 Å². The first-order chi connectivity index (χ1) is 10.5. The Morgan fingerprint density at radius 1 is 1.08 bits per heavy atom. The molecule has 0 aliphatic carbocycles. The summed E-state index contributed by atoms with van der Waals surface area (Å²) in [7, 11) is 3.98. The van der Waals surface area contributed by atoms with Crippen LogP contribution in [0.4, 0.5) is 0 Å². The lowest BCUT2D eigenvalue weighted by Crippen LogP contribution is -2.39. The molecule has 1 aromatic carbocycles. The van der Waals surface area contributed by atoms with Crippen molar-refractivity contribution in [3.63, 3.8) is 0 Å². The number of hydrogen-bond donors (Lipinski definition) is 3. The number of carbonyl (C=O) groups is 2. The smallest absolute Gasteiger partial charge is 0.239 e. The Balaban J connectivity index is 0. The molecule has 2 amide bonds. The van der Waals surface area contributed by atoms with E-state index < -0.39 is 0 Å². The molecule has 0 saturated carbocycles. The minimum Gasteiger partial charge on any atom is -0.492 e. The van der Waals surface area contributed by atoms with Crippen LogP contribution in [0.3, 0.4) is 0 Å². The van der Waals surface area contributed by atoms with E-state index in [1.54, 1.807) is 0 Å². The van der Waals surface area contributed by atoms with E-state index in [1.807, 2.05) is 43.3 Å². The summed E-state index contributed by atoms with van der Waals surface area (Å²) < 4.78 is 5.59. The molecule has 0 saturated heterocycles. The van der Waals surface area contributed by atoms with Crippen molar-refractivity contribution < 1.29 is 14.3 Å². The summed E-state index contributed by atoms with van der Waals surface area (Å²) in [6.07, 6.45) is 0. The maximum atomic E-state index is 11.5. The molecule has 9 heteroatoms. The topological polar surface area (TPSA) is 96.7 Å². The normalized spacial score (nSPS) is 9.50. The summed E-state index contributed by atoms with van der Waals surface area (Å²) in [5.74, 6) is 0.189. The Bertz CT molecular complexity index is 484. The second-order valence-corrected chi connectivity index (χ2v) is 5.05. The molecule has 0 aliphatic heterocycles. The Labute approximate surface area is 155 Å². The summed E-state index contributed by atoms with van der Waals surface area (Å²) in [6.45, 7) is 1.69. The average Bonchev–Trinajstić information content (AvgIpc) is 2.51. The fraction of sp³-hybridized carbons (Fsp3) is 0.467. The Kier molecular flexibility index (Phi) is 14.3. The Morgan fingerprint density at radius 3 is 2.25 bits per heavy atom. The van der Waals surface area contributed by atoms with Crippen molar-refractivity contribution in [2.75, 3.05) is 40.3 Å². The third-order valence-electron chi connectivity index (χ3n) is 2.85. The van der Waals surface area contributed by atoms with Crippen LogP contribution in [-0.4, -0.2) is 57.1 Å². The molecule has 24 heavy (non-hydrogen) atoms. The number of halogens is 2. The molecule has 0 atom stereocenters. The highest BCUT2D eigenvalue weighted by atomic mass is 35.5. The average molecular weight is 381 g/mol. The first-order valence-corrected chi connectivity index (χ1v) is 7.11. The highest BCUT2D eigenvalue weighted by Gasteiger charge is 2.04. The van der Waals surface area contributed by atoms with Crippen LogP contribution < -0.4 is 21.1 Å². The number of benzene rings is 1. The second kappa shape index (κ2) is 13.9. The lowest BCUT2D eigenvalue weighted by Gasteiger charge is -2.11. The van der Waals surface area contributed by atoms with Gasteiger partial charge in [-0.1, -0.05) is 12.1 Å². The van der Waals surface area contributed by atoms with Gasteiger partial charge in [-0.25, -0.2) is 0 Å². The predicted octanol–water partition coefficient (Wildman–Crippen LogP) is 0.162. The third kappa shape index (κ3) is 11.1. The molecule has 0 radical (unpaired) electrons. The second-order valence-electron chi connectivity index (χ2n) is 5.05. The lowest BCUT2D eigenvalue weighted by molar-refractivity contribution is -0.125. The molecule has 0 spiro atoms. The summed E-state index contributed by atoms with van der Waals surface area (Å²) in [5.41, 5.74) is 6.09. The van der Waals surface area contributed by atoms with E-state index in [-0.39, 0.29) is 49.7 Å². The van der Waals surface area contributed by atoms with E-state index in [0.717, 1.165) is 17.9 Å². The van der Waals surface area contributed by atoms with Crippen LogP contribution in [0.1, 0.15) is 5.56 Å². The van der Waals surface area contributed by atoms with Crippen molar-refractivity contribution in [2.24, 2.45) is 5.73 Å². The van der Waals surface area contributed by atoms with Crippen LogP contribution in [0.5, 0.6) is 5.75 Å². The molecule has 0 bridgehead atoms. The zero-order valence-electron chi connectivity index (χ0n) is 13.9. The predicted molar refractivity (Wildman–Crippen MR) is 98.9 cm³/mol. The van der Waals surface area contributed by atoms with Crippen LogP contribution in [0, 0.1) is 0 Å². The Morgan fingerprint density at radius 2 is 1.71 bits per heavy atom. The number of carbonyl (C=O) groups excluding carboxylic acids is 2. The number of nitrogens with one attached hydrogen (secondary N) is 2. The largest absolute Gasteiger partial charge is 0.492 e. The van der Waals surface area contributed by atoms with Crippen LogP contribution in [0.2, 0.25) is 0 Å². The van der Waals surface area contributed by atoms with Crippen molar-refractivity contribution in [3.05, 3.63) is 29.8 Å². The Hall–Kier alpha value is -1.54. The van der Waals surface area contributed by atoms with Crippen LogP contribution >= 0.6 is 24.8 Å². The summed E-state index contributed by atoms with van der Waals surface area (Å²) >= 11 is 0. The quantitative estimate of drug-likeness (QED) is 0.566. The van der Waals surface area contributed by atoms with Gasteiger partial charge in [0.2, 0.25) is 11.8 Å². The molecule has 4 N–H and O–H groups in total. The first kappa shape index (κ1) is 24.7. The first-order valence-electron chi connectivity index (χ1n) is 7.11. The van der Waals surface area contributed by atoms with Gasteiger partial charge in [0, 0.05) is 13.1 Å². The number of amides is 2. The van der Waals surface area contributed by atoms with Gasteiger partial charge in [0.05, 0.1) is 13.1 Å². The van der Waals surface area contributed by atoms with Crippen molar-refractivity contribution in [1.82, 2.24) is 15.5 Å². The molecule has 1 rings (SSSR count). The number of likely N-dealkylation sites (N-methyl/N-ethyl adjacent to an activating group) is 1. The highest BCUT2D eigenvalue weighted by molar-refractivity contribution is 5.86. The van der Waals surface area contributed by atoms with Gasteiger partial charge in [-0.3, -0.25) is 9.59 Å². The number of nitrogens with zero attached hydrogens (tertiary/aromatic N) is 1. The van der Waals surface area contributed by atoms with E-state index in [4.69, 9.17) is 10.5 Å². The van der Waals surface area contributed by atoms with Crippen LogP contribution in [-0.2, 0) is 16.1 Å². The summed E-state index contributed by atoms with van der Waals surface area (Å²) in [5, 5.41) is 5.12. The minimum atomic E-state index is -0.352. The fourth-order valence-corrected chi connectivity index (χ4v) is 1.56. The van der Waals surface area contributed by atoms with Gasteiger partial charge in [-0.05, 0) is 31.8 Å². The van der Waals surface area contributed by atoms with E-state index in [1.165, 1.54) is 0 Å². The van der Waals surface area contributed by atoms with E-state index in [9.17, 15) is 9.59 Å². The van der Waals surface area contributed by atoms with Gasteiger partial charge in [-0.2, -0.15) is 0 Å². The molecule has 138 valence electrons. The molecule has 0 heterocycles. The molecule has 0 aliphatic rings. The maximum Gasteiger partial charge on any atom is 0.239 e.